The molecule has 3 nitrogen and oxygen atoms in total. The molecule has 0 saturated carbocycles. The van der Waals surface area contributed by atoms with Crippen molar-refractivity contribution in [1.29, 1.82) is 0 Å². The molecule has 0 aromatic carbocycles. The van der Waals surface area contributed by atoms with E-state index < -0.39 is 11.7 Å². The van der Waals surface area contributed by atoms with E-state index in [1.54, 1.807) is 20.8 Å². The summed E-state index contributed by atoms with van der Waals surface area (Å²) in [6.07, 6.45) is 0.387. The van der Waals surface area contributed by atoms with Gasteiger partial charge in [0.05, 0.1) is 0 Å². The first kappa shape index (κ1) is 14.5. The van der Waals surface area contributed by atoms with Crippen molar-refractivity contribution < 1.29 is 9.53 Å². The standard InChI is InChI=1S/C5H11NO2.C5H10/c1-5(2,3)8-4(6)7;1-4-5(2)3/h1-3H3,(H2,6,7);2,4H2,1,3H3. The summed E-state index contributed by atoms with van der Waals surface area (Å²) >= 11 is 0. The zero-order valence-corrected chi connectivity index (χ0v) is 9.31. The lowest BCUT2D eigenvalue weighted by Crippen LogP contribution is -2.27. The van der Waals surface area contributed by atoms with Crippen LogP contribution in [0.3, 0.4) is 0 Å². The first-order valence-electron chi connectivity index (χ1n) is 4.32. The monoisotopic (exact) mass is 187 g/mol. The summed E-state index contributed by atoms with van der Waals surface area (Å²) in [6, 6.07) is 0. The maximum atomic E-state index is 10.0. The topological polar surface area (TPSA) is 52.3 Å². The molecule has 0 spiro atoms. The zero-order valence-electron chi connectivity index (χ0n) is 9.31. The van der Waals surface area contributed by atoms with Crippen molar-refractivity contribution in [3.8, 4) is 0 Å². The third-order valence-corrected chi connectivity index (χ3v) is 1.01. The number of nitrogens with two attached hydrogens (primary N) is 1. The van der Waals surface area contributed by atoms with E-state index in [2.05, 4.69) is 18.2 Å². The normalized spacial score (nSPS) is 9.62. The van der Waals surface area contributed by atoms with Crippen molar-refractivity contribution >= 4 is 6.09 Å². The van der Waals surface area contributed by atoms with E-state index in [0.717, 1.165) is 6.42 Å². The Morgan fingerprint density at radius 3 is 1.77 bits per heavy atom. The molecule has 0 aromatic rings. The second-order valence-corrected chi connectivity index (χ2v) is 3.84. The van der Waals surface area contributed by atoms with E-state index in [1.165, 1.54) is 5.57 Å². The fourth-order valence-corrected chi connectivity index (χ4v) is 0.302. The number of rotatable bonds is 1. The summed E-state index contributed by atoms with van der Waals surface area (Å²) in [7, 11) is 0. The molecule has 0 saturated heterocycles. The summed E-state index contributed by atoms with van der Waals surface area (Å²) < 4.78 is 4.58. The fourth-order valence-electron chi connectivity index (χ4n) is 0.302. The highest BCUT2D eigenvalue weighted by Crippen LogP contribution is 2.04. The Balaban J connectivity index is 0. The van der Waals surface area contributed by atoms with Crippen LogP contribution >= 0.6 is 0 Å². The third kappa shape index (κ3) is 24.7. The first-order chi connectivity index (χ1) is 5.69. The van der Waals surface area contributed by atoms with Gasteiger partial charge in [0.15, 0.2) is 0 Å². The van der Waals surface area contributed by atoms with Crippen molar-refractivity contribution in [2.75, 3.05) is 0 Å². The van der Waals surface area contributed by atoms with Crippen LogP contribution in [0.1, 0.15) is 41.0 Å². The van der Waals surface area contributed by atoms with E-state index in [9.17, 15) is 4.79 Å². The number of carbonyl (C=O) groups excluding carboxylic acids is 1. The fraction of sp³-hybridized carbons (Fsp3) is 0.700. The molecule has 0 atom stereocenters. The van der Waals surface area contributed by atoms with Crippen LogP contribution < -0.4 is 5.73 Å². The van der Waals surface area contributed by atoms with E-state index in [-0.39, 0.29) is 0 Å². The van der Waals surface area contributed by atoms with Crippen LogP contribution in [0.2, 0.25) is 0 Å². The molecule has 0 unspecified atom stereocenters. The average Bonchev–Trinajstić information content (AvgIpc) is 1.83. The van der Waals surface area contributed by atoms with Crippen molar-refractivity contribution in [3.05, 3.63) is 12.2 Å². The van der Waals surface area contributed by atoms with Gasteiger partial charge in [0.25, 0.3) is 0 Å². The highest BCUT2D eigenvalue weighted by atomic mass is 16.6. The van der Waals surface area contributed by atoms with Crippen molar-refractivity contribution in [1.82, 2.24) is 0 Å². The van der Waals surface area contributed by atoms with Gasteiger partial charge in [-0.05, 0) is 34.1 Å². The van der Waals surface area contributed by atoms with Gasteiger partial charge in [0.2, 0.25) is 0 Å². The number of primary amides is 1. The molecule has 0 aliphatic carbocycles. The Hall–Kier alpha value is -0.990. The Labute approximate surface area is 81.0 Å². The molecule has 0 radical (unpaired) electrons. The Morgan fingerprint density at radius 2 is 1.77 bits per heavy atom. The minimum Gasteiger partial charge on any atom is -0.444 e. The molecule has 0 aliphatic heterocycles. The highest BCUT2D eigenvalue weighted by Gasteiger charge is 2.12. The molecule has 3 heteroatoms. The van der Waals surface area contributed by atoms with Crippen molar-refractivity contribution in [3.63, 3.8) is 0 Å². The molecule has 0 bridgehead atoms. The molecule has 0 heterocycles. The van der Waals surface area contributed by atoms with Crippen LogP contribution in [-0.2, 0) is 4.74 Å². The van der Waals surface area contributed by atoms with Gasteiger partial charge < -0.3 is 10.5 Å². The summed E-state index contributed by atoms with van der Waals surface area (Å²) in [6.45, 7) is 13.1. The molecule has 0 aliphatic rings. The minimum absolute atomic E-state index is 0.453. The maximum Gasteiger partial charge on any atom is 0.405 e. The largest absolute Gasteiger partial charge is 0.444 e. The average molecular weight is 187 g/mol. The van der Waals surface area contributed by atoms with Gasteiger partial charge in [0.1, 0.15) is 5.60 Å². The summed E-state index contributed by atoms with van der Waals surface area (Å²) in [5.74, 6) is 0. The summed E-state index contributed by atoms with van der Waals surface area (Å²) in [5, 5.41) is 0. The van der Waals surface area contributed by atoms with Crippen molar-refractivity contribution in [2.45, 2.75) is 46.6 Å². The zero-order chi connectivity index (χ0) is 11.1. The van der Waals surface area contributed by atoms with Crippen LogP contribution in [-0.4, -0.2) is 11.7 Å². The number of hydrogen-bond acceptors (Lipinski definition) is 2. The van der Waals surface area contributed by atoms with E-state index >= 15 is 0 Å². The number of carbonyl (C=O) groups is 1. The minimum atomic E-state index is -0.725. The van der Waals surface area contributed by atoms with Gasteiger partial charge in [-0.1, -0.05) is 12.5 Å². The Kier molecular flexibility index (Phi) is 7.28. The quantitative estimate of drug-likeness (QED) is 0.642. The predicted molar refractivity (Wildman–Crippen MR) is 55.5 cm³/mol. The maximum absolute atomic E-state index is 10.0. The van der Waals surface area contributed by atoms with Gasteiger partial charge in [-0.15, -0.1) is 6.58 Å². The summed E-state index contributed by atoms with van der Waals surface area (Å²) in [4.78, 5) is 10.0. The smallest absolute Gasteiger partial charge is 0.405 e. The lowest BCUT2D eigenvalue weighted by atomic mass is 10.2. The van der Waals surface area contributed by atoms with Crippen LogP contribution in [0.15, 0.2) is 12.2 Å². The van der Waals surface area contributed by atoms with Crippen molar-refractivity contribution in [2.24, 2.45) is 5.73 Å². The lowest BCUT2D eigenvalue weighted by Gasteiger charge is -2.16. The molecule has 2 N–H and O–H groups in total. The van der Waals surface area contributed by atoms with Gasteiger partial charge in [-0.25, -0.2) is 4.79 Å². The second kappa shape index (κ2) is 6.52. The van der Waals surface area contributed by atoms with Crippen LogP contribution in [0.5, 0.6) is 0 Å². The number of allylic oxidation sites excluding steroid dienone is 1. The SMILES string of the molecule is C=C(C)CC.CC(C)(C)OC(N)=O. The number of amides is 1. The lowest BCUT2D eigenvalue weighted by molar-refractivity contribution is 0.0600. The third-order valence-electron chi connectivity index (χ3n) is 1.01. The van der Waals surface area contributed by atoms with Gasteiger partial charge in [-0.3, -0.25) is 0 Å². The van der Waals surface area contributed by atoms with Gasteiger partial charge in [0, 0.05) is 0 Å². The number of hydrogen-bond donors (Lipinski definition) is 1. The van der Waals surface area contributed by atoms with Gasteiger partial charge >= 0.3 is 6.09 Å². The molecule has 1 amide bonds. The van der Waals surface area contributed by atoms with Crippen LogP contribution in [0.4, 0.5) is 4.79 Å². The molecule has 0 aromatic heterocycles. The predicted octanol–water partition coefficient (Wildman–Crippen LogP) is 2.85. The Bertz CT molecular complexity index is 168. The van der Waals surface area contributed by atoms with Gasteiger partial charge in [-0.2, -0.15) is 0 Å². The van der Waals surface area contributed by atoms with E-state index in [0.29, 0.717) is 0 Å². The molecule has 0 fully saturated rings. The van der Waals surface area contributed by atoms with E-state index in [1.807, 2.05) is 6.92 Å². The Morgan fingerprint density at radius 1 is 1.46 bits per heavy atom. The number of ether oxygens (including phenoxy) is 1. The molecular weight excluding hydrogens is 166 g/mol. The first-order valence-corrected chi connectivity index (χ1v) is 4.32. The molecule has 0 rings (SSSR count). The molecule has 13 heavy (non-hydrogen) atoms. The molecular formula is C10H21NO2. The molecule has 78 valence electrons. The van der Waals surface area contributed by atoms with Crippen LogP contribution in [0.25, 0.3) is 0 Å². The van der Waals surface area contributed by atoms with E-state index in [4.69, 9.17) is 5.73 Å². The summed E-state index contributed by atoms with van der Waals surface area (Å²) in [5.41, 5.74) is 5.52. The second-order valence-electron chi connectivity index (χ2n) is 3.84. The highest BCUT2D eigenvalue weighted by molar-refractivity contribution is 5.65. The van der Waals surface area contributed by atoms with Crippen LogP contribution in [0, 0.1) is 0 Å².